The highest BCUT2D eigenvalue weighted by atomic mass is 32.2. The van der Waals surface area contributed by atoms with Gasteiger partial charge in [-0.3, -0.25) is 29.8 Å². The fourth-order valence-corrected chi connectivity index (χ4v) is 4.58. The first-order valence-corrected chi connectivity index (χ1v) is 18.3. The number of amides is 2. The number of unbranched alkanes of at least 4 members (excludes halogenated alkanes) is 3. The summed E-state index contributed by atoms with van der Waals surface area (Å²) in [5.41, 5.74) is 3.17. The summed E-state index contributed by atoms with van der Waals surface area (Å²) >= 11 is 0. The van der Waals surface area contributed by atoms with Gasteiger partial charge in [0.1, 0.15) is 17.5 Å². The van der Waals surface area contributed by atoms with Crippen LogP contribution in [0.4, 0.5) is 16.3 Å². The van der Waals surface area contributed by atoms with Crippen LogP contribution in [0, 0.1) is 5.41 Å². The summed E-state index contributed by atoms with van der Waals surface area (Å²) in [5, 5.41) is 23.1. The van der Waals surface area contributed by atoms with E-state index < -0.39 is 22.2 Å². The number of carboxylic acids is 1. The summed E-state index contributed by atoms with van der Waals surface area (Å²) in [4.78, 5) is 46.9. The van der Waals surface area contributed by atoms with Crippen molar-refractivity contribution in [2.45, 2.75) is 59.4 Å². The molecule has 284 valence electrons. The predicted molar refractivity (Wildman–Crippen MR) is 201 cm³/mol. The topological polar surface area (TPSA) is 248 Å². The molecule has 4 aromatic rings. The first kappa shape index (κ1) is 44.6. The maximum Gasteiger partial charge on any atom is 0.412 e. The van der Waals surface area contributed by atoms with Crippen molar-refractivity contribution in [3.63, 3.8) is 0 Å². The fraction of sp³-hybridized carbons (Fsp3) is 0.371. The van der Waals surface area contributed by atoms with E-state index in [2.05, 4.69) is 22.5 Å². The Kier molecular flexibility index (Phi) is 19.3. The first-order chi connectivity index (χ1) is 24.3. The normalized spacial score (nSPS) is 10.3. The molecule has 0 aliphatic carbocycles. The molecule has 0 spiro atoms. The van der Waals surface area contributed by atoms with Crippen molar-refractivity contribution in [2.75, 3.05) is 29.6 Å². The SMILES string of the molecule is CC.CCCCCCOC(=O)NC(=N)c1ccc(NCc2nc3cc(C(=O)N(CCC(=O)O)c4ccccn4)ccc3n2C)cc1.CS(=O)(=O)O.O. The molecule has 2 amide bonds. The fourth-order valence-electron chi connectivity index (χ4n) is 4.58. The minimum absolute atomic E-state index is 0. The third-order valence-corrected chi connectivity index (χ3v) is 7.02. The monoisotopic (exact) mass is 743 g/mol. The number of alkyl carbamates (subject to hydrolysis) is 1. The lowest BCUT2D eigenvalue weighted by molar-refractivity contribution is -0.136. The summed E-state index contributed by atoms with van der Waals surface area (Å²) < 4.78 is 32.9. The molecule has 0 atom stereocenters. The van der Waals surface area contributed by atoms with Crippen molar-refractivity contribution in [1.82, 2.24) is 19.9 Å². The van der Waals surface area contributed by atoms with Gasteiger partial charge < -0.3 is 25.2 Å². The molecule has 52 heavy (non-hydrogen) atoms. The Labute approximate surface area is 303 Å². The number of carbonyl (C=O) groups excluding carboxylic acids is 2. The van der Waals surface area contributed by atoms with Gasteiger partial charge in [-0.05, 0) is 61.0 Å². The maximum absolute atomic E-state index is 13.4. The zero-order chi connectivity index (χ0) is 38.0. The van der Waals surface area contributed by atoms with Crippen LogP contribution >= 0.6 is 0 Å². The van der Waals surface area contributed by atoms with Gasteiger partial charge in [0, 0.05) is 36.6 Å². The Hall–Kier alpha value is -5.39. The number of anilines is 2. The van der Waals surface area contributed by atoms with E-state index in [0.29, 0.717) is 41.9 Å². The average Bonchev–Trinajstić information content (AvgIpc) is 3.42. The summed E-state index contributed by atoms with van der Waals surface area (Å²) in [5.74, 6) is -0.302. The molecule has 4 rings (SSSR count). The van der Waals surface area contributed by atoms with Crippen LogP contribution < -0.4 is 15.5 Å². The number of ether oxygens (including phenoxy) is 1. The van der Waals surface area contributed by atoms with Gasteiger partial charge in [-0.25, -0.2) is 14.8 Å². The molecule has 16 nitrogen and oxygen atoms in total. The van der Waals surface area contributed by atoms with Crippen LogP contribution in [0.15, 0.2) is 66.9 Å². The third-order valence-electron chi connectivity index (χ3n) is 7.02. The van der Waals surface area contributed by atoms with Gasteiger partial charge in [-0.2, -0.15) is 8.42 Å². The summed E-state index contributed by atoms with van der Waals surface area (Å²) in [6, 6.07) is 17.4. The highest BCUT2D eigenvalue weighted by Crippen LogP contribution is 2.21. The summed E-state index contributed by atoms with van der Waals surface area (Å²) in [6.45, 7) is 6.83. The van der Waals surface area contributed by atoms with Crippen LogP contribution in [0.5, 0.6) is 0 Å². The van der Waals surface area contributed by atoms with Gasteiger partial charge in [0.15, 0.2) is 0 Å². The largest absolute Gasteiger partial charge is 0.481 e. The van der Waals surface area contributed by atoms with E-state index in [1.165, 1.54) is 4.90 Å². The third kappa shape index (κ3) is 15.2. The molecule has 2 heterocycles. The molecule has 0 aliphatic rings. The molecule has 0 fully saturated rings. The molecule has 0 radical (unpaired) electrons. The van der Waals surface area contributed by atoms with Crippen molar-refractivity contribution < 1.29 is 42.7 Å². The minimum atomic E-state index is -3.67. The van der Waals surface area contributed by atoms with Crippen molar-refractivity contribution in [3.8, 4) is 0 Å². The molecule has 2 aromatic carbocycles. The van der Waals surface area contributed by atoms with Gasteiger partial charge in [0.05, 0.1) is 36.9 Å². The van der Waals surface area contributed by atoms with Crippen LogP contribution in [0.3, 0.4) is 0 Å². The second-order valence-corrected chi connectivity index (χ2v) is 12.4. The van der Waals surface area contributed by atoms with E-state index >= 15 is 0 Å². The van der Waals surface area contributed by atoms with Gasteiger partial charge >= 0.3 is 12.1 Å². The van der Waals surface area contributed by atoms with Crippen molar-refractivity contribution in [3.05, 3.63) is 83.8 Å². The van der Waals surface area contributed by atoms with Crippen molar-refractivity contribution in [2.24, 2.45) is 7.05 Å². The molecular weight excluding hydrogens is 694 g/mol. The predicted octanol–water partition coefficient (Wildman–Crippen LogP) is 5.04. The highest BCUT2D eigenvalue weighted by Gasteiger charge is 2.21. The lowest BCUT2D eigenvalue weighted by Crippen LogP contribution is -2.33. The number of carboxylic acid groups (broad SMARTS) is 1. The van der Waals surface area contributed by atoms with E-state index in [9.17, 15) is 27.9 Å². The summed E-state index contributed by atoms with van der Waals surface area (Å²) in [6.07, 6.45) is 5.44. The number of hydrogen-bond acceptors (Lipinski definition) is 10. The van der Waals surface area contributed by atoms with Crippen LogP contribution in [0.25, 0.3) is 11.0 Å². The Morgan fingerprint density at radius 2 is 1.65 bits per heavy atom. The lowest BCUT2D eigenvalue weighted by Gasteiger charge is -2.21. The van der Waals surface area contributed by atoms with Crippen molar-refractivity contribution in [1.29, 1.82) is 5.41 Å². The smallest absolute Gasteiger partial charge is 0.412 e. The quantitative estimate of drug-likeness (QED) is 0.0495. The second kappa shape index (κ2) is 22.4. The van der Waals surface area contributed by atoms with E-state index in [1.807, 2.05) is 43.7 Å². The molecular formula is C35H49N7O9S. The zero-order valence-electron chi connectivity index (χ0n) is 30.0. The number of aliphatic carboxylic acids is 1. The van der Waals surface area contributed by atoms with Gasteiger partial charge in [0.2, 0.25) is 0 Å². The van der Waals surface area contributed by atoms with Crippen LogP contribution in [0.2, 0.25) is 0 Å². The standard InChI is InChI=1S/C32H37N7O5.C2H6.CH4O3S.H2O/c1-3-4-5-8-19-44-32(43)37-30(33)22-10-13-24(14-11-22)35-21-28-36-25-20-23(12-15-26(25)38(28)2)31(42)39(18-16-29(40)41)27-9-6-7-17-34-27;1-2;1-5(2,3)4;/h6-7,9-15,17,20,35H,3-5,8,16,18-19,21H2,1-2H3,(H,40,41)(H2,33,37,43);1-2H3;1H3,(H,2,3,4);1H2. The van der Waals surface area contributed by atoms with Gasteiger partial charge in [0.25, 0.3) is 16.0 Å². The number of imidazole rings is 1. The van der Waals surface area contributed by atoms with E-state index in [1.54, 1.807) is 48.7 Å². The number of amidine groups is 1. The molecule has 7 N–H and O–H groups in total. The van der Waals surface area contributed by atoms with E-state index in [4.69, 9.17) is 19.7 Å². The summed E-state index contributed by atoms with van der Waals surface area (Å²) in [7, 11) is -1.78. The molecule has 2 aromatic heterocycles. The van der Waals surface area contributed by atoms with Gasteiger partial charge in [-0.1, -0.05) is 46.1 Å². The number of hydrogen-bond donors (Lipinski definition) is 5. The number of nitrogens with one attached hydrogen (secondary N) is 3. The molecule has 0 saturated carbocycles. The minimum Gasteiger partial charge on any atom is -0.481 e. The Balaban J connectivity index is 0.00000155. The highest BCUT2D eigenvalue weighted by molar-refractivity contribution is 7.85. The number of carbonyl (C=O) groups is 3. The molecule has 0 unspecified atom stereocenters. The number of nitrogens with zero attached hydrogens (tertiary/aromatic N) is 4. The molecule has 17 heteroatoms. The van der Waals surface area contributed by atoms with E-state index in [0.717, 1.165) is 42.7 Å². The van der Waals surface area contributed by atoms with Gasteiger partial charge in [-0.15, -0.1) is 0 Å². The molecule has 0 aliphatic heterocycles. The number of rotatable bonds is 14. The van der Waals surface area contributed by atoms with Crippen molar-refractivity contribution >= 4 is 56.5 Å². The number of aromatic nitrogens is 3. The number of pyridine rings is 1. The Bertz CT molecular complexity index is 1840. The average molecular weight is 744 g/mol. The molecule has 0 bridgehead atoms. The van der Waals surface area contributed by atoms with Crippen LogP contribution in [-0.2, 0) is 33.2 Å². The first-order valence-electron chi connectivity index (χ1n) is 16.5. The number of aryl methyl sites for hydroxylation is 1. The number of benzene rings is 2. The zero-order valence-corrected chi connectivity index (χ0v) is 30.9. The van der Waals surface area contributed by atoms with Crippen LogP contribution in [-0.4, -0.2) is 81.3 Å². The lowest BCUT2D eigenvalue weighted by atomic mass is 10.1. The Morgan fingerprint density at radius 3 is 2.25 bits per heavy atom. The number of fused-ring (bicyclic) bond motifs is 1. The second-order valence-electron chi connectivity index (χ2n) is 10.9. The Morgan fingerprint density at radius 1 is 1.00 bits per heavy atom. The maximum atomic E-state index is 13.4. The van der Waals surface area contributed by atoms with E-state index in [-0.39, 0.29) is 30.2 Å². The van der Waals surface area contributed by atoms with Crippen LogP contribution in [0.1, 0.15) is 74.6 Å². The molecule has 0 saturated heterocycles.